The van der Waals surface area contributed by atoms with Gasteiger partial charge >= 0.3 is 6.09 Å². The van der Waals surface area contributed by atoms with Gasteiger partial charge in [-0.3, -0.25) is 9.10 Å². The predicted molar refractivity (Wildman–Crippen MR) is 149 cm³/mol. The van der Waals surface area contributed by atoms with E-state index in [1.54, 1.807) is 15.3 Å². The fourth-order valence-corrected chi connectivity index (χ4v) is 6.24. The van der Waals surface area contributed by atoms with Crippen LogP contribution in [0.5, 0.6) is 5.75 Å². The molecule has 208 valence electrons. The first-order valence-corrected chi connectivity index (χ1v) is 14.6. The van der Waals surface area contributed by atoms with Gasteiger partial charge in [-0.25, -0.2) is 9.00 Å². The first kappa shape index (κ1) is 29.8. The number of phenolic OH excluding ortho intramolecular Hbond substituents is 1. The lowest BCUT2D eigenvalue weighted by molar-refractivity contribution is -0.136. The maximum absolute atomic E-state index is 13.4. The van der Waals surface area contributed by atoms with E-state index in [0.717, 1.165) is 12.8 Å². The van der Waals surface area contributed by atoms with E-state index >= 15 is 0 Å². The average molecular weight is 577 g/mol. The zero-order valence-electron chi connectivity index (χ0n) is 22.6. The number of hydrogen-bond donors (Lipinski definition) is 1. The highest BCUT2D eigenvalue weighted by molar-refractivity contribution is 7.87. The second kappa shape index (κ2) is 11.6. The van der Waals surface area contributed by atoms with Crippen molar-refractivity contribution in [1.82, 2.24) is 9.80 Å². The highest BCUT2D eigenvalue weighted by atomic mass is 35.5. The Bertz CT molecular complexity index is 1030. The molecule has 1 aromatic rings. The number of amides is 2. The number of phenols is 1. The lowest BCUT2D eigenvalue weighted by Crippen LogP contribution is -2.46. The molecular weight excluding hydrogens is 537 g/mol. The number of carbonyl (C=O) groups is 2. The average Bonchev–Trinajstić information content (AvgIpc) is 3.28. The number of halogens is 2. The van der Waals surface area contributed by atoms with Crippen molar-refractivity contribution >= 4 is 51.9 Å². The summed E-state index contributed by atoms with van der Waals surface area (Å²) in [5.41, 5.74) is -0.186. The Kier molecular flexibility index (Phi) is 9.34. The molecule has 1 aromatic carbocycles. The Labute approximate surface area is 232 Å². The summed E-state index contributed by atoms with van der Waals surface area (Å²) in [6.45, 7) is 13.7. The molecule has 2 atom stereocenters. The fraction of sp³-hybridized carbons (Fsp3) is 0.692. The molecule has 0 bridgehead atoms. The molecule has 2 saturated heterocycles. The highest BCUT2D eigenvalue weighted by Gasteiger charge is 2.37. The summed E-state index contributed by atoms with van der Waals surface area (Å²) < 4.78 is 20.0. The lowest BCUT2D eigenvalue weighted by Gasteiger charge is -2.38. The van der Waals surface area contributed by atoms with Gasteiger partial charge in [-0.1, -0.05) is 23.2 Å². The number of likely N-dealkylation sites (tertiary alicyclic amines) is 2. The van der Waals surface area contributed by atoms with E-state index in [0.29, 0.717) is 44.8 Å². The van der Waals surface area contributed by atoms with Crippen molar-refractivity contribution in [2.45, 2.75) is 71.2 Å². The first-order chi connectivity index (χ1) is 17.1. The standard InChI is InChI=1S/C26H39Cl2N3O5S/c1-25(2,3)36-24(34)30-12-9-18(16-30)23(33)29-10-7-17(8-11-29)15-31(37(35)26(4,5)6)21-13-19(27)20(28)14-22(21)32/h13-14,17-18,32H,7-12,15-16H2,1-6H3/t18-,37?/m0/s1. The minimum absolute atomic E-state index is 0.0711. The molecule has 1 N–H and O–H groups in total. The molecule has 2 aliphatic rings. The summed E-state index contributed by atoms with van der Waals surface area (Å²) in [7, 11) is -1.45. The van der Waals surface area contributed by atoms with Gasteiger partial charge in [-0.2, -0.15) is 0 Å². The molecular formula is C26H39Cl2N3O5S. The number of ether oxygens (including phenoxy) is 1. The van der Waals surface area contributed by atoms with Gasteiger partial charge in [0.15, 0.2) is 0 Å². The molecule has 0 spiro atoms. The van der Waals surface area contributed by atoms with E-state index in [1.807, 2.05) is 46.4 Å². The molecule has 0 aliphatic carbocycles. The predicted octanol–water partition coefficient (Wildman–Crippen LogP) is 5.46. The maximum atomic E-state index is 13.4. The SMILES string of the molecule is CC(C)(C)OC(=O)N1CC[C@H](C(=O)N2CCC(CN(c3cc(Cl)c(Cl)cc3O)S(=O)C(C)(C)C)CC2)C1. The van der Waals surface area contributed by atoms with Crippen molar-refractivity contribution < 1.29 is 23.6 Å². The van der Waals surface area contributed by atoms with Gasteiger partial charge < -0.3 is 19.6 Å². The van der Waals surface area contributed by atoms with E-state index in [1.165, 1.54) is 6.07 Å². The third-order valence-electron chi connectivity index (χ3n) is 6.55. The number of piperidine rings is 1. The molecule has 0 radical (unpaired) electrons. The van der Waals surface area contributed by atoms with Gasteiger partial charge in [-0.05, 0) is 72.8 Å². The zero-order chi connectivity index (χ0) is 27.7. The van der Waals surface area contributed by atoms with Crippen molar-refractivity contribution in [3.8, 4) is 5.75 Å². The fourth-order valence-electron chi connectivity index (χ4n) is 4.59. The Morgan fingerprint density at radius 1 is 1.03 bits per heavy atom. The van der Waals surface area contributed by atoms with Crippen LogP contribution in [-0.2, 0) is 20.5 Å². The Morgan fingerprint density at radius 2 is 1.59 bits per heavy atom. The quantitative estimate of drug-likeness (QED) is 0.503. The molecule has 0 saturated carbocycles. The van der Waals surface area contributed by atoms with Gasteiger partial charge in [-0.15, -0.1) is 0 Å². The van der Waals surface area contributed by atoms with Crippen molar-refractivity contribution in [1.29, 1.82) is 0 Å². The zero-order valence-corrected chi connectivity index (χ0v) is 24.9. The normalized spacial score (nSPS) is 20.2. The van der Waals surface area contributed by atoms with Crippen molar-refractivity contribution in [3.05, 3.63) is 22.2 Å². The van der Waals surface area contributed by atoms with Gasteiger partial charge in [0.1, 0.15) is 22.3 Å². The van der Waals surface area contributed by atoms with Crippen molar-refractivity contribution in [2.75, 3.05) is 37.0 Å². The van der Waals surface area contributed by atoms with Crippen LogP contribution in [0, 0.1) is 11.8 Å². The molecule has 2 heterocycles. The number of anilines is 1. The van der Waals surface area contributed by atoms with Crippen molar-refractivity contribution in [3.63, 3.8) is 0 Å². The van der Waals surface area contributed by atoms with Crippen molar-refractivity contribution in [2.24, 2.45) is 11.8 Å². The van der Waals surface area contributed by atoms with Crippen LogP contribution in [0.3, 0.4) is 0 Å². The summed E-state index contributed by atoms with van der Waals surface area (Å²) in [6.07, 6.45) is 1.74. The van der Waals surface area contributed by atoms with E-state index in [4.69, 9.17) is 27.9 Å². The number of aromatic hydroxyl groups is 1. The molecule has 37 heavy (non-hydrogen) atoms. The molecule has 11 heteroatoms. The third kappa shape index (κ3) is 7.67. The molecule has 2 amide bonds. The molecule has 2 aliphatic heterocycles. The summed E-state index contributed by atoms with van der Waals surface area (Å²) in [5, 5.41) is 11.1. The smallest absolute Gasteiger partial charge is 0.410 e. The number of nitrogens with zero attached hydrogens (tertiary/aromatic N) is 3. The second-order valence-electron chi connectivity index (χ2n) is 11.9. The van der Waals surface area contributed by atoms with Crippen LogP contribution in [0.15, 0.2) is 12.1 Å². The minimum atomic E-state index is -1.45. The summed E-state index contributed by atoms with van der Waals surface area (Å²) in [4.78, 5) is 29.1. The van der Waals surface area contributed by atoms with Crippen LogP contribution in [0.4, 0.5) is 10.5 Å². The maximum Gasteiger partial charge on any atom is 0.410 e. The Hall–Kier alpha value is -1.71. The molecule has 2 fully saturated rings. The first-order valence-electron chi connectivity index (χ1n) is 12.7. The monoisotopic (exact) mass is 575 g/mol. The van der Waals surface area contributed by atoms with Crippen LogP contribution in [0.1, 0.15) is 60.8 Å². The second-order valence-corrected chi connectivity index (χ2v) is 14.8. The lowest BCUT2D eigenvalue weighted by atomic mass is 9.95. The van der Waals surface area contributed by atoms with Gasteiger partial charge in [0.25, 0.3) is 0 Å². The Balaban J connectivity index is 1.62. The topological polar surface area (TPSA) is 90.4 Å². The van der Waals surface area contributed by atoms with Crippen LogP contribution in [-0.4, -0.2) is 74.2 Å². The third-order valence-corrected chi connectivity index (χ3v) is 9.07. The molecule has 0 aromatic heterocycles. The summed E-state index contributed by atoms with van der Waals surface area (Å²) in [5.74, 6) is -0.0506. The number of benzene rings is 1. The van der Waals surface area contributed by atoms with Crippen LogP contribution >= 0.6 is 23.2 Å². The van der Waals surface area contributed by atoms with Gasteiger partial charge in [0.2, 0.25) is 5.91 Å². The minimum Gasteiger partial charge on any atom is -0.506 e. The van der Waals surface area contributed by atoms with E-state index in [-0.39, 0.29) is 39.6 Å². The Morgan fingerprint density at radius 3 is 2.16 bits per heavy atom. The van der Waals surface area contributed by atoms with Crippen LogP contribution < -0.4 is 4.31 Å². The van der Waals surface area contributed by atoms with Crippen LogP contribution in [0.25, 0.3) is 0 Å². The molecule has 1 unspecified atom stereocenters. The van der Waals surface area contributed by atoms with Gasteiger partial charge in [0.05, 0.1) is 26.4 Å². The summed E-state index contributed by atoms with van der Waals surface area (Å²) in [6, 6.07) is 2.92. The number of carbonyl (C=O) groups excluding carboxylic acids is 2. The van der Waals surface area contributed by atoms with E-state index in [2.05, 4.69) is 0 Å². The van der Waals surface area contributed by atoms with E-state index in [9.17, 15) is 18.9 Å². The summed E-state index contributed by atoms with van der Waals surface area (Å²) >= 11 is 12.3. The van der Waals surface area contributed by atoms with Crippen LogP contribution in [0.2, 0.25) is 10.0 Å². The van der Waals surface area contributed by atoms with Gasteiger partial charge in [0, 0.05) is 38.8 Å². The molecule has 3 rings (SSSR count). The number of rotatable bonds is 5. The number of hydrogen-bond acceptors (Lipinski definition) is 5. The largest absolute Gasteiger partial charge is 0.506 e. The molecule has 8 nitrogen and oxygen atoms in total. The highest BCUT2D eigenvalue weighted by Crippen LogP contribution is 2.39. The van der Waals surface area contributed by atoms with E-state index < -0.39 is 21.3 Å².